The third-order valence-electron chi connectivity index (χ3n) is 21.1. The fraction of sp³-hybridized carbons (Fsp3) is 0. The first-order valence-electron chi connectivity index (χ1n) is 35.3. The highest BCUT2D eigenvalue weighted by Crippen LogP contribution is 2.52. The number of anilines is 9. The summed E-state index contributed by atoms with van der Waals surface area (Å²) in [6.45, 7) is -0.265. The van der Waals surface area contributed by atoms with Gasteiger partial charge in [-0.1, -0.05) is 370 Å². The first-order valence-corrected chi connectivity index (χ1v) is 39.3. The third kappa shape index (κ3) is 10.4. The van der Waals surface area contributed by atoms with E-state index < -0.39 is 16.1 Å². The second kappa shape index (κ2) is 26.6. The molecule has 480 valence electrons. The van der Waals surface area contributed by atoms with Crippen molar-refractivity contribution in [2.75, 3.05) is 14.7 Å². The summed E-state index contributed by atoms with van der Waals surface area (Å²) in [4.78, 5) is 7.79. The molecule has 6 heteroatoms. The van der Waals surface area contributed by atoms with Crippen LogP contribution >= 0.6 is 0 Å². The Morgan fingerprint density at radius 2 is 0.588 bits per heavy atom. The summed E-state index contributed by atoms with van der Waals surface area (Å²) in [6, 6.07) is 160. The highest BCUT2D eigenvalue weighted by molar-refractivity contribution is 7.20. The van der Waals surface area contributed by atoms with Gasteiger partial charge < -0.3 is 14.7 Å². The van der Waals surface area contributed by atoms with Gasteiger partial charge in [0.05, 0.1) is 17.1 Å². The molecule has 0 fully saturated rings. The molecule has 18 rings (SSSR count). The van der Waals surface area contributed by atoms with Crippen LogP contribution in [-0.4, -0.2) is 22.9 Å². The van der Waals surface area contributed by atoms with Crippen molar-refractivity contribution in [3.63, 3.8) is 0 Å². The van der Waals surface area contributed by atoms with E-state index in [-0.39, 0.29) is 6.71 Å². The molecule has 0 aromatic heterocycles. The summed E-state index contributed by atoms with van der Waals surface area (Å²) in [6.07, 6.45) is 0. The van der Waals surface area contributed by atoms with E-state index in [1.165, 1.54) is 57.9 Å². The van der Waals surface area contributed by atoms with Crippen molar-refractivity contribution in [1.29, 1.82) is 0 Å². The Hall–Kier alpha value is -12.6. The average Bonchev–Trinajstić information content (AvgIpc) is 0.686. The lowest BCUT2D eigenvalue weighted by molar-refractivity contribution is 1.23. The van der Waals surface area contributed by atoms with E-state index in [0.29, 0.717) is 0 Å². The second-order valence-corrected chi connectivity index (χ2v) is 34.2. The fourth-order valence-corrected chi connectivity index (χ4v) is 26.4. The van der Waals surface area contributed by atoms with Crippen molar-refractivity contribution in [1.82, 2.24) is 0 Å². The Morgan fingerprint density at radius 1 is 0.225 bits per heavy atom. The van der Waals surface area contributed by atoms with E-state index in [1.807, 2.05) is 0 Å². The molecular formula is C96H70BN3Si2. The molecule has 0 spiro atoms. The molecule has 0 unspecified atom stereocenters. The molecule has 16 aromatic carbocycles. The second-order valence-electron chi connectivity index (χ2n) is 26.6. The molecule has 16 aromatic rings. The number of hydrogen-bond acceptors (Lipinski definition) is 3. The van der Waals surface area contributed by atoms with Crippen LogP contribution in [0.5, 0.6) is 0 Å². The van der Waals surface area contributed by atoms with Gasteiger partial charge in [-0.2, -0.15) is 0 Å². The molecule has 2 aliphatic rings. The van der Waals surface area contributed by atoms with E-state index in [9.17, 15) is 0 Å². The molecular weight excluding hydrogens is 1260 g/mol. The van der Waals surface area contributed by atoms with Crippen LogP contribution in [0.1, 0.15) is 0 Å². The summed E-state index contributed by atoms with van der Waals surface area (Å²) in [5.41, 5.74) is 20.3. The zero-order chi connectivity index (χ0) is 67.8. The Bertz CT molecular complexity index is 5430. The van der Waals surface area contributed by atoms with Gasteiger partial charge in [0, 0.05) is 50.8 Å². The summed E-state index contributed by atoms with van der Waals surface area (Å²) in [5, 5.41) is 10.6. The summed E-state index contributed by atoms with van der Waals surface area (Å²) < 4.78 is 0. The predicted octanol–water partition coefficient (Wildman–Crippen LogP) is 17.0. The van der Waals surface area contributed by atoms with E-state index in [0.717, 1.165) is 84.6 Å². The maximum absolute atomic E-state index is 3.14. The van der Waals surface area contributed by atoms with E-state index in [2.05, 4.69) is 439 Å². The minimum absolute atomic E-state index is 0.265. The maximum atomic E-state index is 2.66. The van der Waals surface area contributed by atoms with Crippen LogP contribution in [0, 0.1) is 0 Å². The lowest BCUT2D eigenvalue weighted by atomic mass is 9.33. The minimum Gasteiger partial charge on any atom is -0.311 e. The molecule has 0 bridgehead atoms. The van der Waals surface area contributed by atoms with Crippen molar-refractivity contribution in [3.8, 4) is 33.4 Å². The van der Waals surface area contributed by atoms with E-state index in [1.54, 1.807) is 0 Å². The van der Waals surface area contributed by atoms with Gasteiger partial charge in [0.25, 0.3) is 6.71 Å². The van der Waals surface area contributed by atoms with Gasteiger partial charge in [-0.05, 0) is 129 Å². The number of fused-ring (bicyclic) bond motifs is 4. The topological polar surface area (TPSA) is 9.72 Å². The van der Waals surface area contributed by atoms with Crippen molar-refractivity contribution in [2.24, 2.45) is 0 Å². The lowest BCUT2D eigenvalue weighted by Gasteiger charge is -2.46. The fourth-order valence-electron chi connectivity index (χ4n) is 16.8. The summed E-state index contributed by atoms with van der Waals surface area (Å²) >= 11 is 0. The monoisotopic (exact) mass is 1330 g/mol. The van der Waals surface area contributed by atoms with Gasteiger partial charge in [-0.15, -0.1) is 0 Å². The summed E-state index contributed by atoms with van der Waals surface area (Å²) in [7, 11) is -6.12. The van der Waals surface area contributed by atoms with Crippen LogP contribution in [0.4, 0.5) is 51.2 Å². The van der Waals surface area contributed by atoms with Gasteiger partial charge >= 0.3 is 0 Å². The summed E-state index contributed by atoms with van der Waals surface area (Å²) in [5.74, 6) is 0. The molecule has 2 aliphatic heterocycles. The Morgan fingerprint density at radius 3 is 1.08 bits per heavy atom. The molecule has 3 nitrogen and oxygen atoms in total. The Balaban J connectivity index is 0.994. The van der Waals surface area contributed by atoms with Crippen LogP contribution in [0.15, 0.2) is 425 Å². The van der Waals surface area contributed by atoms with E-state index >= 15 is 0 Å². The van der Waals surface area contributed by atoms with Crippen molar-refractivity contribution >= 4 is 132 Å². The predicted molar refractivity (Wildman–Crippen MR) is 439 cm³/mol. The third-order valence-corrected chi connectivity index (χ3v) is 30.7. The average molecular weight is 1330 g/mol. The van der Waals surface area contributed by atoms with Gasteiger partial charge in [-0.25, -0.2) is 0 Å². The Labute approximate surface area is 600 Å². The van der Waals surface area contributed by atoms with Crippen LogP contribution in [0.25, 0.3) is 33.4 Å². The zero-order valence-electron chi connectivity index (χ0n) is 56.3. The maximum Gasteiger partial charge on any atom is 0.252 e. The standard InChI is InChI=1S/C96H70BN3Si2/c1-11-36-71(37-12-1)85-56-31-33-60-90(85)98(74-42-17-4-18-43-74)76-68-93-95-94(69-76)100(91-61-34-32-57-86(91)72-38-13-2-14-39-72)96-87(73-40-15-3-16-41-73)58-35-59-88(96)97(95)89-70-84(102(80-50-25-8-26-51-80,81-52-27-9-28-53-81)82-54-29-10-30-55-82)66-67-92(89)99(93)75-62-64-83(65-63-75)101(77-44-19-5-20-45-77,78-46-21-6-22-47-78)79-48-23-7-24-49-79/h1-70H. The molecule has 0 saturated heterocycles. The SMILES string of the molecule is c1ccc(-c2ccccc2N(c2ccccc2)c2cc3c4c(c2)N(c2ccccc2-c2ccccc2)c2c(cccc2-c2ccccc2)B4c2cc([Si](c4ccccc4)(c4ccccc4)c4ccccc4)ccc2N3c2ccc([Si](c3ccccc3)(c3ccccc3)c3ccccc3)cc2)cc1. The van der Waals surface area contributed by atoms with Crippen LogP contribution in [0.2, 0.25) is 0 Å². The van der Waals surface area contributed by atoms with Gasteiger partial charge in [0.2, 0.25) is 0 Å². The van der Waals surface area contributed by atoms with Crippen LogP contribution in [-0.2, 0) is 0 Å². The molecule has 102 heavy (non-hydrogen) atoms. The molecule has 0 amide bonds. The van der Waals surface area contributed by atoms with Crippen LogP contribution in [0.3, 0.4) is 0 Å². The van der Waals surface area contributed by atoms with E-state index in [4.69, 9.17) is 0 Å². The lowest BCUT2D eigenvalue weighted by Crippen LogP contribution is -2.75. The van der Waals surface area contributed by atoms with Crippen LogP contribution < -0.4 is 72.6 Å². The largest absolute Gasteiger partial charge is 0.311 e. The normalized spacial score (nSPS) is 12.3. The first kappa shape index (κ1) is 61.7. The minimum atomic E-state index is -3.14. The molecule has 0 atom stereocenters. The number of benzene rings is 16. The van der Waals surface area contributed by atoms with Gasteiger partial charge in [0.1, 0.15) is 0 Å². The number of hydrogen-bond donors (Lipinski definition) is 0. The molecule has 0 saturated carbocycles. The highest BCUT2D eigenvalue weighted by Gasteiger charge is 2.49. The molecule has 0 radical (unpaired) electrons. The quantitative estimate of drug-likeness (QED) is 0.0705. The molecule has 0 aliphatic carbocycles. The number of para-hydroxylation sites is 4. The van der Waals surface area contributed by atoms with Crippen molar-refractivity contribution in [2.45, 2.75) is 0 Å². The highest BCUT2D eigenvalue weighted by atomic mass is 28.3. The van der Waals surface area contributed by atoms with Crippen molar-refractivity contribution < 1.29 is 0 Å². The smallest absolute Gasteiger partial charge is 0.252 e. The molecule has 2 heterocycles. The molecule has 0 N–H and O–H groups in total. The van der Waals surface area contributed by atoms with Gasteiger partial charge in [-0.3, -0.25) is 0 Å². The van der Waals surface area contributed by atoms with Gasteiger partial charge in [0.15, 0.2) is 16.1 Å². The number of rotatable bonds is 16. The van der Waals surface area contributed by atoms with Crippen molar-refractivity contribution in [3.05, 3.63) is 425 Å². The zero-order valence-corrected chi connectivity index (χ0v) is 58.3. The number of nitrogens with zero attached hydrogens (tertiary/aromatic N) is 3. The first-order chi connectivity index (χ1) is 50.7. The Kier molecular flexibility index (Phi) is 16.1.